The van der Waals surface area contributed by atoms with E-state index < -0.39 is 0 Å². The van der Waals surface area contributed by atoms with Gasteiger partial charge >= 0.3 is 5.69 Å². The van der Waals surface area contributed by atoms with Crippen LogP contribution in [0.15, 0.2) is 33.9 Å². The topological polar surface area (TPSA) is 75.5 Å². The molecule has 0 saturated carbocycles. The summed E-state index contributed by atoms with van der Waals surface area (Å²) < 4.78 is 11.9. The van der Waals surface area contributed by atoms with Crippen molar-refractivity contribution in [3.63, 3.8) is 0 Å². The minimum atomic E-state index is -0.366. The number of fused-ring (bicyclic) bond motifs is 3. The van der Waals surface area contributed by atoms with E-state index in [1.165, 1.54) is 9.13 Å². The number of ether oxygens (including phenoxy) is 1. The highest BCUT2D eigenvalue weighted by Gasteiger charge is 2.22. The lowest BCUT2D eigenvalue weighted by molar-refractivity contribution is 0.190. The molecule has 0 fully saturated rings. The number of hydrogen-bond acceptors (Lipinski definition) is 4. The molecule has 0 bridgehead atoms. The maximum Gasteiger partial charge on any atom is 0.332 e. The first-order valence-electron chi connectivity index (χ1n) is 10.1. The first-order valence-corrected chi connectivity index (χ1v) is 10.1. The zero-order valence-electron chi connectivity index (χ0n) is 18.1. The SMILES string of the molecule is COCCCn1c(C)c(C)n2c3c(=O)n(Cc4cccc(C)c4)c(=O)n(C)c3nc12. The fourth-order valence-corrected chi connectivity index (χ4v) is 4.08. The number of rotatable bonds is 6. The molecule has 0 atom stereocenters. The summed E-state index contributed by atoms with van der Waals surface area (Å²) in [6, 6.07) is 7.84. The minimum absolute atomic E-state index is 0.225. The van der Waals surface area contributed by atoms with E-state index in [0.29, 0.717) is 23.5 Å². The van der Waals surface area contributed by atoms with Gasteiger partial charge in [-0.3, -0.25) is 18.3 Å². The van der Waals surface area contributed by atoms with E-state index >= 15 is 0 Å². The molecule has 0 saturated heterocycles. The third-order valence-electron chi connectivity index (χ3n) is 5.78. The predicted molar refractivity (Wildman–Crippen MR) is 116 cm³/mol. The van der Waals surface area contributed by atoms with Crippen molar-refractivity contribution < 1.29 is 4.74 Å². The molecule has 3 heterocycles. The number of aryl methyl sites for hydroxylation is 4. The van der Waals surface area contributed by atoms with Gasteiger partial charge in [-0.15, -0.1) is 0 Å². The predicted octanol–water partition coefficient (Wildman–Crippen LogP) is 2.16. The van der Waals surface area contributed by atoms with Gasteiger partial charge < -0.3 is 9.30 Å². The van der Waals surface area contributed by atoms with E-state index in [-0.39, 0.29) is 17.8 Å². The van der Waals surface area contributed by atoms with Crippen LogP contribution in [0.2, 0.25) is 0 Å². The lowest BCUT2D eigenvalue weighted by Gasteiger charge is -2.09. The summed E-state index contributed by atoms with van der Waals surface area (Å²) in [5.41, 5.74) is 4.16. The molecule has 0 spiro atoms. The highest BCUT2D eigenvalue weighted by atomic mass is 16.5. The highest BCUT2D eigenvalue weighted by Crippen LogP contribution is 2.21. The van der Waals surface area contributed by atoms with E-state index in [9.17, 15) is 9.59 Å². The Morgan fingerprint density at radius 1 is 1.07 bits per heavy atom. The molecule has 0 amide bonds. The van der Waals surface area contributed by atoms with Crippen LogP contribution < -0.4 is 11.2 Å². The summed E-state index contributed by atoms with van der Waals surface area (Å²) in [4.78, 5) is 31.1. The number of benzene rings is 1. The van der Waals surface area contributed by atoms with Crippen LogP contribution in [0.3, 0.4) is 0 Å². The van der Waals surface area contributed by atoms with E-state index in [0.717, 1.165) is 35.5 Å². The minimum Gasteiger partial charge on any atom is -0.385 e. The van der Waals surface area contributed by atoms with Crippen LogP contribution in [-0.2, 0) is 24.9 Å². The maximum absolute atomic E-state index is 13.5. The zero-order valence-corrected chi connectivity index (χ0v) is 18.1. The first-order chi connectivity index (χ1) is 14.3. The van der Waals surface area contributed by atoms with Crippen LogP contribution in [0.25, 0.3) is 16.9 Å². The van der Waals surface area contributed by atoms with Crippen molar-refractivity contribution in [2.75, 3.05) is 13.7 Å². The molecule has 3 aromatic heterocycles. The summed E-state index contributed by atoms with van der Waals surface area (Å²) >= 11 is 0. The Hall–Kier alpha value is -3.13. The Morgan fingerprint density at radius 3 is 2.53 bits per heavy atom. The van der Waals surface area contributed by atoms with Crippen LogP contribution in [0.1, 0.15) is 28.9 Å². The van der Waals surface area contributed by atoms with Crippen LogP contribution in [0, 0.1) is 20.8 Å². The molecule has 0 radical (unpaired) electrons. The van der Waals surface area contributed by atoms with Gasteiger partial charge in [-0.05, 0) is 32.8 Å². The lowest BCUT2D eigenvalue weighted by Crippen LogP contribution is -2.39. The summed E-state index contributed by atoms with van der Waals surface area (Å²) in [5.74, 6) is 0.677. The van der Waals surface area contributed by atoms with E-state index in [2.05, 4.69) is 4.57 Å². The van der Waals surface area contributed by atoms with E-state index in [4.69, 9.17) is 9.72 Å². The van der Waals surface area contributed by atoms with Gasteiger partial charge in [-0.1, -0.05) is 29.8 Å². The summed E-state index contributed by atoms with van der Waals surface area (Å²) in [6.07, 6.45) is 0.834. The Balaban J connectivity index is 1.96. The average Bonchev–Trinajstić information content (AvgIpc) is 3.21. The van der Waals surface area contributed by atoms with Crippen molar-refractivity contribution in [1.29, 1.82) is 0 Å². The van der Waals surface area contributed by atoms with Gasteiger partial charge in [0.15, 0.2) is 11.2 Å². The monoisotopic (exact) mass is 409 g/mol. The molecule has 0 aliphatic rings. The van der Waals surface area contributed by atoms with E-state index in [1.54, 1.807) is 14.2 Å². The fraction of sp³-hybridized carbons (Fsp3) is 0.409. The van der Waals surface area contributed by atoms with Gasteiger partial charge in [-0.25, -0.2) is 4.79 Å². The number of nitrogens with zero attached hydrogens (tertiary/aromatic N) is 5. The molecular formula is C22H27N5O3. The zero-order chi connectivity index (χ0) is 21.6. The second-order valence-electron chi connectivity index (χ2n) is 7.81. The molecule has 30 heavy (non-hydrogen) atoms. The van der Waals surface area contributed by atoms with Crippen molar-refractivity contribution in [3.05, 3.63) is 67.6 Å². The number of aromatic nitrogens is 5. The van der Waals surface area contributed by atoms with Crippen molar-refractivity contribution in [2.24, 2.45) is 7.05 Å². The van der Waals surface area contributed by atoms with Crippen molar-refractivity contribution in [3.8, 4) is 0 Å². The molecule has 0 unspecified atom stereocenters. The Bertz CT molecular complexity index is 1370. The van der Waals surface area contributed by atoms with Crippen molar-refractivity contribution >= 4 is 16.9 Å². The molecule has 4 rings (SSSR count). The van der Waals surface area contributed by atoms with Gasteiger partial charge in [0.25, 0.3) is 5.56 Å². The molecule has 0 aliphatic carbocycles. The molecule has 158 valence electrons. The third-order valence-corrected chi connectivity index (χ3v) is 5.78. The fourth-order valence-electron chi connectivity index (χ4n) is 4.08. The molecule has 4 aromatic rings. The average molecular weight is 409 g/mol. The normalized spacial score (nSPS) is 11.8. The maximum atomic E-state index is 13.5. The second-order valence-corrected chi connectivity index (χ2v) is 7.81. The van der Waals surface area contributed by atoms with Gasteiger partial charge in [0, 0.05) is 38.7 Å². The number of imidazole rings is 2. The van der Waals surface area contributed by atoms with Gasteiger partial charge in [0.1, 0.15) is 0 Å². The Morgan fingerprint density at radius 2 is 1.83 bits per heavy atom. The summed E-state index contributed by atoms with van der Waals surface area (Å²) in [6.45, 7) is 7.59. The number of hydrogen-bond donors (Lipinski definition) is 0. The van der Waals surface area contributed by atoms with Crippen LogP contribution >= 0.6 is 0 Å². The Kier molecular flexibility index (Phi) is 5.11. The molecule has 8 heteroatoms. The summed E-state index contributed by atoms with van der Waals surface area (Å²) in [5, 5.41) is 0. The first kappa shape index (κ1) is 20.2. The van der Waals surface area contributed by atoms with Crippen molar-refractivity contribution in [2.45, 2.75) is 40.3 Å². The standard InChI is InChI=1S/C22H27N5O3/c1-14-8-6-9-17(12-14)13-26-20(28)18-19(24(4)22(26)29)23-21-25(10-7-11-30-5)15(2)16(3)27(18)21/h6,8-9,12H,7,10-11,13H2,1-5H3. The third kappa shape index (κ3) is 3.08. The Labute approximate surface area is 174 Å². The van der Waals surface area contributed by atoms with Crippen molar-refractivity contribution in [1.82, 2.24) is 23.1 Å². The largest absolute Gasteiger partial charge is 0.385 e. The van der Waals surface area contributed by atoms with E-state index in [1.807, 2.05) is 49.4 Å². The van der Waals surface area contributed by atoms with Crippen LogP contribution in [0.5, 0.6) is 0 Å². The molecule has 0 aliphatic heterocycles. The highest BCUT2D eigenvalue weighted by molar-refractivity contribution is 5.76. The number of methoxy groups -OCH3 is 1. The second kappa shape index (κ2) is 7.60. The molecule has 8 nitrogen and oxygen atoms in total. The van der Waals surface area contributed by atoms with Gasteiger partial charge in [-0.2, -0.15) is 4.98 Å². The molecule has 1 aromatic carbocycles. The quantitative estimate of drug-likeness (QED) is 0.458. The smallest absolute Gasteiger partial charge is 0.332 e. The van der Waals surface area contributed by atoms with Gasteiger partial charge in [0.05, 0.1) is 6.54 Å². The molecular weight excluding hydrogens is 382 g/mol. The van der Waals surface area contributed by atoms with Crippen LogP contribution in [0.4, 0.5) is 0 Å². The molecule has 0 N–H and O–H groups in total. The summed E-state index contributed by atoms with van der Waals surface area (Å²) in [7, 11) is 3.35. The van der Waals surface area contributed by atoms with Crippen LogP contribution in [-0.4, -0.2) is 36.8 Å². The lowest BCUT2D eigenvalue weighted by atomic mass is 10.1. The van der Waals surface area contributed by atoms with Gasteiger partial charge in [0.2, 0.25) is 5.78 Å².